The van der Waals surface area contributed by atoms with Gasteiger partial charge in [-0.05, 0) is 30.3 Å². The minimum Gasteiger partial charge on any atom is -0.458 e. The maximum absolute atomic E-state index is 12.3. The van der Waals surface area contributed by atoms with Crippen molar-refractivity contribution in [3.05, 3.63) is 47.4 Å². The van der Waals surface area contributed by atoms with Crippen molar-refractivity contribution in [2.45, 2.75) is 18.2 Å². The molecule has 0 aliphatic carbocycles. The van der Waals surface area contributed by atoms with E-state index in [1.807, 2.05) is 6.92 Å². The molecule has 6 heteroatoms. The molecular formula is C14H15NO4S. The Kier molecular flexibility index (Phi) is 3.67. The van der Waals surface area contributed by atoms with Gasteiger partial charge in [0, 0.05) is 23.9 Å². The lowest BCUT2D eigenvalue weighted by molar-refractivity contribution is 0.101. The van der Waals surface area contributed by atoms with E-state index in [2.05, 4.69) is 0 Å². The van der Waals surface area contributed by atoms with Crippen LogP contribution in [-0.4, -0.2) is 20.5 Å². The van der Waals surface area contributed by atoms with Gasteiger partial charge < -0.3 is 10.2 Å². The molecule has 0 aliphatic heterocycles. The SMILES string of the molecule is CCc1ccc(C(=O)c2cc(N)cc(S(C)(=O)=O)c2)o1. The lowest BCUT2D eigenvalue weighted by Crippen LogP contribution is -2.05. The molecular weight excluding hydrogens is 278 g/mol. The number of ketones is 1. The molecule has 5 nitrogen and oxygen atoms in total. The van der Waals surface area contributed by atoms with E-state index in [9.17, 15) is 13.2 Å². The molecule has 0 radical (unpaired) electrons. The highest BCUT2D eigenvalue weighted by atomic mass is 32.2. The van der Waals surface area contributed by atoms with E-state index >= 15 is 0 Å². The summed E-state index contributed by atoms with van der Waals surface area (Å²) in [6, 6.07) is 7.36. The summed E-state index contributed by atoms with van der Waals surface area (Å²) in [5.41, 5.74) is 6.07. The average Bonchev–Trinajstić information content (AvgIpc) is 2.84. The minimum absolute atomic E-state index is 0.0168. The number of carbonyl (C=O) groups is 1. The molecule has 0 aliphatic rings. The summed E-state index contributed by atoms with van der Waals surface area (Å²) >= 11 is 0. The van der Waals surface area contributed by atoms with Crippen LogP contribution in [-0.2, 0) is 16.3 Å². The standard InChI is InChI=1S/C14H15NO4S/c1-3-11-4-5-13(19-11)14(16)9-6-10(15)8-12(7-9)20(2,17)18/h4-8H,3,15H2,1-2H3. The number of rotatable bonds is 4. The van der Waals surface area contributed by atoms with E-state index < -0.39 is 9.84 Å². The van der Waals surface area contributed by atoms with Crippen LogP contribution in [0.4, 0.5) is 5.69 Å². The van der Waals surface area contributed by atoms with Crippen molar-refractivity contribution in [2.75, 3.05) is 12.0 Å². The molecule has 2 aromatic rings. The summed E-state index contributed by atoms with van der Waals surface area (Å²) < 4.78 is 28.5. The second-order valence-electron chi connectivity index (χ2n) is 4.51. The topological polar surface area (TPSA) is 90.4 Å². The molecule has 2 N–H and O–H groups in total. The van der Waals surface area contributed by atoms with Gasteiger partial charge in [0.25, 0.3) is 0 Å². The monoisotopic (exact) mass is 293 g/mol. The molecule has 0 unspecified atom stereocenters. The highest BCUT2D eigenvalue weighted by Gasteiger charge is 2.17. The highest BCUT2D eigenvalue weighted by molar-refractivity contribution is 7.90. The molecule has 1 aromatic heterocycles. The van der Waals surface area contributed by atoms with E-state index in [1.54, 1.807) is 12.1 Å². The summed E-state index contributed by atoms with van der Waals surface area (Å²) in [6.07, 6.45) is 1.75. The number of anilines is 1. The second-order valence-corrected chi connectivity index (χ2v) is 6.53. The molecule has 0 atom stereocenters. The summed E-state index contributed by atoms with van der Waals surface area (Å²) in [5, 5.41) is 0. The molecule has 0 bridgehead atoms. The van der Waals surface area contributed by atoms with E-state index in [-0.39, 0.29) is 27.7 Å². The Bertz CT molecular complexity index is 759. The Morgan fingerprint density at radius 1 is 1.25 bits per heavy atom. The lowest BCUT2D eigenvalue weighted by atomic mass is 10.1. The highest BCUT2D eigenvalue weighted by Crippen LogP contribution is 2.20. The molecule has 0 fully saturated rings. The van der Waals surface area contributed by atoms with Gasteiger partial charge in [0.2, 0.25) is 5.78 Å². The van der Waals surface area contributed by atoms with Gasteiger partial charge in [0.15, 0.2) is 15.6 Å². The number of sulfone groups is 1. The van der Waals surface area contributed by atoms with Gasteiger partial charge in [0.05, 0.1) is 4.90 Å². The van der Waals surface area contributed by atoms with Gasteiger partial charge in [-0.25, -0.2) is 8.42 Å². The Labute approximate surface area is 117 Å². The quantitative estimate of drug-likeness (QED) is 0.688. The number of nitrogens with two attached hydrogens (primary N) is 1. The fourth-order valence-corrected chi connectivity index (χ4v) is 2.49. The first-order valence-electron chi connectivity index (χ1n) is 6.05. The Hall–Kier alpha value is -2.08. The van der Waals surface area contributed by atoms with Crippen molar-refractivity contribution in [3.63, 3.8) is 0 Å². The fraction of sp³-hybridized carbons (Fsp3) is 0.214. The Morgan fingerprint density at radius 2 is 1.95 bits per heavy atom. The summed E-state index contributed by atoms with van der Waals surface area (Å²) in [5.74, 6) is 0.481. The van der Waals surface area contributed by atoms with Gasteiger partial charge in [-0.1, -0.05) is 6.92 Å². The molecule has 0 saturated carbocycles. The number of hydrogen-bond donors (Lipinski definition) is 1. The number of hydrogen-bond acceptors (Lipinski definition) is 5. The summed E-state index contributed by atoms with van der Waals surface area (Å²) in [6.45, 7) is 1.91. The predicted octanol–water partition coefficient (Wildman–Crippen LogP) is 2.06. The van der Waals surface area contributed by atoms with Crippen molar-refractivity contribution >= 4 is 21.3 Å². The summed E-state index contributed by atoms with van der Waals surface area (Å²) in [4.78, 5) is 12.3. The van der Waals surface area contributed by atoms with Crippen LogP contribution in [0, 0.1) is 0 Å². The van der Waals surface area contributed by atoms with E-state index in [1.165, 1.54) is 18.2 Å². The third-order valence-electron chi connectivity index (χ3n) is 2.85. The lowest BCUT2D eigenvalue weighted by Gasteiger charge is -2.04. The maximum Gasteiger partial charge on any atom is 0.228 e. The Morgan fingerprint density at radius 3 is 2.50 bits per heavy atom. The maximum atomic E-state index is 12.3. The largest absolute Gasteiger partial charge is 0.458 e. The van der Waals surface area contributed by atoms with Gasteiger partial charge in [0.1, 0.15) is 5.76 Å². The van der Waals surface area contributed by atoms with Crippen LogP contribution in [0.3, 0.4) is 0 Å². The van der Waals surface area contributed by atoms with Crippen molar-refractivity contribution < 1.29 is 17.6 Å². The molecule has 0 spiro atoms. The number of nitrogen functional groups attached to an aromatic ring is 1. The Balaban J connectivity index is 2.47. The van der Waals surface area contributed by atoms with Gasteiger partial charge >= 0.3 is 0 Å². The fourth-order valence-electron chi connectivity index (χ4n) is 1.80. The zero-order valence-electron chi connectivity index (χ0n) is 11.2. The van der Waals surface area contributed by atoms with Crippen LogP contribution in [0.2, 0.25) is 0 Å². The van der Waals surface area contributed by atoms with E-state index in [0.717, 1.165) is 6.26 Å². The molecule has 106 valence electrons. The van der Waals surface area contributed by atoms with E-state index in [4.69, 9.17) is 10.2 Å². The van der Waals surface area contributed by atoms with E-state index in [0.29, 0.717) is 12.2 Å². The van der Waals surface area contributed by atoms with Crippen LogP contribution in [0.1, 0.15) is 28.8 Å². The molecule has 20 heavy (non-hydrogen) atoms. The molecule has 0 amide bonds. The number of benzene rings is 1. The van der Waals surface area contributed by atoms with Crippen LogP contribution in [0.15, 0.2) is 39.6 Å². The first-order chi connectivity index (χ1) is 9.31. The van der Waals surface area contributed by atoms with Crippen molar-refractivity contribution in [1.29, 1.82) is 0 Å². The molecule has 1 heterocycles. The predicted molar refractivity (Wildman–Crippen MR) is 75.5 cm³/mol. The first kappa shape index (κ1) is 14.3. The zero-order chi connectivity index (χ0) is 14.9. The zero-order valence-corrected chi connectivity index (χ0v) is 12.0. The van der Waals surface area contributed by atoms with Crippen LogP contribution >= 0.6 is 0 Å². The van der Waals surface area contributed by atoms with Gasteiger partial charge in [-0.3, -0.25) is 4.79 Å². The average molecular weight is 293 g/mol. The second kappa shape index (κ2) is 5.13. The first-order valence-corrected chi connectivity index (χ1v) is 7.94. The van der Waals surface area contributed by atoms with Gasteiger partial charge in [-0.15, -0.1) is 0 Å². The number of carbonyl (C=O) groups excluding carboxylic acids is 1. The molecule has 0 saturated heterocycles. The third-order valence-corrected chi connectivity index (χ3v) is 3.95. The molecule has 1 aromatic carbocycles. The van der Waals surface area contributed by atoms with Crippen molar-refractivity contribution in [2.24, 2.45) is 0 Å². The smallest absolute Gasteiger partial charge is 0.228 e. The third kappa shape index (κ3) is 2.91. The minimum atomic E-state index is -3.43. The van der Waals surface area contributed by atoms with Gasteiger partial charge in [-0.2, -0.15) is 0 Å². The van der Waals surface area contributed by atoms with Crippen LogP contribution < -0.4 is 5.73 Å². The molecule has 2 rings (SSSR count). The number of furan rings is 1. The van der Waals surface area contributed by atoms with Crippen molar-refractivity contribution in [3.8, 4) is 0 Å². The normalized spacial score (nSPS) is 11.5. The van der Waals surface area contributed by atoms with Crippen molar-refractivity contribution in [1.82, 2.24) is 0 Å². The summed E-state index contributed by atoms with van der Waals surface area (Å²) in [7, 11) is -3.43. The van der Waals surface area contributed by atoms with Crippen LogP contribution in [0.5, 0.6) is 0 Å². The number of aryl methyl sites for hydroxylation is 1. The van der Waals surface area contributed by atoms with Crippen LogP contribution in [0.25, 0.3) is 0 Å².